The van der Waals surface area contributed by atoms with Gasteiger partial charge in [-0.2, -0.15) is 4.98 Å². The number of nitrogen functional groups attached to an aromatic ring is 1. The van der Waals surface area contributed by atoms with Crippen LogP contribution in [0, 0.1) is 12.7 Å². The molecule has 2 aromatic rings. The molecule has 0 spiro atoms. The maximum absolute atomic E-state index is 13.3. The topological polar surface area (TPSA) is 60.2 Å². The number of anilines is 1. The summed E-state index contributed by atoms with van der Waals surface area (Å²) in [5.74, 6) is 6.15. The van der Waals surface area contributed by atoms with Gasteiger partial charge in [0.15, 0.2) is 0 Å². The number of benzene rings is 1. The van der Waals surface area contributed by atoms with Gasteiger partial charge in [-0.15, -0.1) is 0 Å². The summed E-state index contributed by atoms with van der Waals surface area (Å²) in [7, 11) is 0. The molecule has 0 aliphatic rings. The fourth-order valence-corrected chi connectivity index (χ4v) is 1.31. The Morgan fingerprint density at radius 2 is 2.12 bits per heavy atom. The van der Waals surface area contributed by atoms with E-state index in [2.05, 4.69) is 10.4 Å². The Kier molecular flexibility index (Phi) is 3.20. The van der Waals surface area contributed by atoms with Gasteiger partial charge in [0.2, 0.25) is 5.88 Å². The lowest BCUT2D eigenvalue weighted by Crippen LogP contribution is -2.08. The highest BCUT2D eigenvalue weighted by Gasteiger charge is 2.03. The van der Waals surface area contributed by atoms with Gasteiger partial charge in [-0.05, 0) is 24.6 Å². The number of hydrazine groups is 1. The summed E-state index contributed by atoms with van der Waals surface area (Å²) >= 11 is 0. The van der Waals surface area contributed by atoms with E-state index in [1.807, 2.05) is 0 Å². The number of aryl methyl sites for hydroxylation is 1. The van der Waals surface area contributed by atoms with E-state index >= 15 is 0 Å². The van der Waals surface area contributed by atoms with Crippen LogP contribution < -0.4 is 16.0 Å². The summed E-state index contributed by atoms with van der Waals surface area (Å²) in [6.45, 7) is 1.69. The number of rotatable bonds is 3. The van der Waals surface area contributed by atoms with Crippen molar-refractivity contribution in [1.29, 1.82) is 0 Å². The fraction of sp³-hybridized carbons (Fsp3) is 0.0833. The van der Waals surface area contributed by atoms with Crippen molar-refractivity contribution in [3.63, 3.8) is 0 Å². The van der Waals surface area contributed by atoms with Crippen LogP contribution in [0.2, 0.25) is 0 Å². The molecule has 0 saturated carbocycles. The minimum Gasteiger partial charge on any atom is -0.439 e. The van der Waals surface area contributed by atoms with E-state index in [1.54, 1.807) is 37.3 Å². The molecule has 1 heterocycles. The van der Waals surface area contributed by atoms with Crippen LogP contribution in [0.15, 0.2) is 36.4 Å². The third-order valence-corrected chi connectivity index (χ3v) is 2.24. The minimum atomic E-state index is -0.310. The number of nitrogens with one attached hydrogen (secondary N) is 1. The molecule has 5 heteroatoms. The number of ether oxygens (including phenoxy) is 1. The zero-order valence-electron chi connectivity index (χ0n) is 9.27. The molecule has 0 bridgehead atoms. The summed E-state index contributed by atoms with van der Waals surface area (Å²) in [5.41, 5.74) is 2.98. The molecule has 1 aromatic carbocycles. The van der Waals surface area contributed by atoms with E-state index in [0.29, 0.717) is 23.0 Å². The number of pyridine rings is 1. The maximum Gasteiger partial charge on any atom is 0.221 e. The van der Waals surface area contributed by atoms with E-state index in [1.165, 1.54) is 6.07 Å². The Morgan fingerprint density at radius 3 is 2.82 bits per heavy atom. The standard InChI is InChI=1S/C12H12FN3O/c1-8-5-6-9(7-10(8)13)17-12-4-2-3-11(15-12)16-14/h2-7H,14H2,1H3,(H,15,16). The van der Waals surface area contributed by atoms with Crippen LogP contribution in [-0.4, -0.2) is 4.98 Å². The van der Waals surface area contributed by atoms with Crippen LogP contribution in [0.3, 0.4) is 0 Å². The summed E-state index contributed by atoms with van der Waals surface area (Å²) in [6.07, 6.45) is 0. The van der Waals surface area contributed by atoms with Gasteiger partial charge in [-0.3, -0.25) is 0 Å². The first kappa shape index (κ1) is 11.3. The smallest absolute Gasteiger partial charge is 0.221 e. The molecule has 4 nitrogen and oxygen atoms in total. The lowest BCUT2D eigenvalue weighted by molar-refractivity contribution is 0.458. The molecule has 0 saturated heterocycles. The largest absolute Gasteiger partial charge is 0.439 e. The van der Waals surface area contributed by atoms with Crippen LogP contribution >= 0.6 is 0 Å². The van der Waals surface area contributed by atoms with Gasteiger partial charge in [-0.25, -0.2) is 10.2 Å². The van der Waals surface area contributed by atoms with Gasteiger partial charge >= 0.3 is 0 Å². The number of hydrogen-bond donors (Lipinski definition) is 2. The molecule has 1 aromatic heterocycles. The number of halogens is 1. The van der Waals surface area contributed by atoms with Crippen molar-refractivity contribution in [3.8, 4) is 11.6 Å². The zero-order valence-corrected chi connectivity index (χ0v) is 9.27. The molecule has 88 valence electrons. The van der Waals surface area contributed by atoms with Crippen LogP contribution in [0.5, 0.6) is 11.6 Å². The number of nitrogens with zero attached hydrogens (tertiary/aromatic N) is 1. The molecule has 3 N–H and O–H groups in total. The van der Waals surface area contributed by atoms with Crippen LogP contribution in [-0.2, 0) is 0 Å². The summed E-state index contributed by atoms with van der Waals surface area (Å²) in [5, 5.41) is 0. The third kappa shape index (κ3) is 2.70. The predicted octanol–water partition coefficient (Wildman–Crippen LogP) is 2.61. The summed E-state index contributed by atoms with van der Waals surface area (Å²) < 4.78 is 18.7. The summed E-state index contributed by atoms with van der Waals surface area (Å²) in [4.78, 5) is 4.06. The van der Waals surface area contributed by atoms with E-state index in [0.717, 1.165) is 0 Å². The van der Waals surface area contributed by atoms with Crippen molar-refractivity contribution < 1.29 is 9.13 Å². The predicted molar refractivity (Wildman–Crippen MR) is 63.3 cm³/mol. The molecule has 0 atom stereocenters. The quantitative estimate of drug-likeness (QED) is 0.632. The second-order valence-corrected chi connectivity index (χ2v) is 3.52. The van der Waals surface area contributed by atoms with Gasteiger partial charge in [0.05, 0.1) is 0 Å². The average molecular weight is 233 g/mol. The Bertz CT molecular complexity index is 531. The van der Waals surface area contributed by atoms with Crippen LogP contribution in [0.4, 0.5) is 10.2 Å². The molecule has 0 amide bonds. The van der Waals surface area contributed by atoms with E-state index in [-0.39, 0.29) is 5.82 Å². The van der Waals surface area contributed by atoms with Crippen molar-refractivity contribution >= 4 is 5.82 Å². The van der Waals surface area contributed by atoms with E-state index in [4.69, 9.17) is 10.6 Å². The molecule has 2 rings (SSSR count). The van der Waals surface area contributed by atoms with Crippen molar-refractivity contribution in [3.05, 3.63) is 47.8 Å². The molecule has 0 aliphatic carbocycles. The zero-order chi connectivity index (χ0) is 12.3. The molecule has 0 unspecified atom stereocenters. The maximum atomic E-state index is 13.3. The molecular weight excluding hydrogens is 221 g/mol. The fourth-order valence-electron chi connectivity index (χ4n) is 1.31. The Morgan fingerprint density at radius 1 is 1.29 bits per heavy atom. The highest BCUT2D eigenvalue weighted by molar-refractivity contribution is 5.37. The second kappa shape index (κ2) is 4.80. The molecule has 0 aliphatic heterocycles. The lowest BCUT2D eigenvalue weighted by Gasteiger charge is -2.07. The molecule has 17 heavy (non-hydrogen) atoms. The Balaban J connectivity index is 2.22. The minimum absolute atomic E-state index is 0.310. The first-order valence-corrected chi connectivity index (χ1v) is 5.07. The first-order chi connectivity index (χ1) is 8.19. The summed E-state index contributed by atoms with van der Waals surface area (Å²) in [6, 6.07) is 9.75. The monoisotopic (exact) mass is 233 g/mol. The van der Waals surface area contributed by atoms with E-state index < -0.39 is 0 Å². The van der Waals surface area contributed by atoms with Gasteiger partial charge in [0.1, 0.15) is 17.4 Å². The number of aromatic nitrogens is 1. The molecule has 0 fully saturated rings. The Hall–Kier alpha value is -2.14. The van der Waals surface area contributed by atoms with Gasteiger partial charge in [0.25, 0.3) is 0 Å². The van der Waals surface area contributed by atoms with Crippen LogP contribution in [0.1, 0.15) is 5.56 Å². The Labute approximate surface area is 98.2 Å². The third-order valence-electron chi connectivity index (χ3n) is 2.24. The van der Waals surface area contributed by atoms with Gasteiger partial charge < -0.3 is 10.2 Å². The second-order valence-electron chi connectivity index (χ2n) is 3.52. The lowest BCUT2D eigenvalue weighted by atomic mass is 10.2. The highest BCUT2D eigenvalue weighted by Crippen LogP contribution is 2.22. The SMILES string of the molecule is Cc1ccc(Oc2cccc(NN)n2)cc1F. The van der Waals surface area contributed by atoms with Crippen molar-refractivity contribution in [2.45, 2.75) is 6.92 Å². The molecular formula is C12H12FN3O. The first-order valence-electron chi connectivity index (χ1n) is 5.07. The average Bonchev–Trinajstić information content (AvgIpc) is 2.34. The van der Waals surface area contributed by atoms with E-state index in [9.17, 15) is 4.39 Å². The van der Waals surface area contributed by atoms with Crippen LogP contribution in [0.25, 0.3) is 0 Å². The van der Waals surface area contributed by atoms with Gasteiger partial charge in [-0.1, -0.05) is 12.1 Å². The highest BCUT2D eigenvalue weighted by atomic mass is 19.1. The van der Waals surface area contributed by atoms with Crippen molar-refractivity contribution in [2.75, 3.05) is 5.43 Å². The van der Waals surface area contributed by atoms with Crippen molar-refractivity contribution in [2.24, 2.45) is 5.84 Å². The normalized spacial score (nSPS) is 10.1. The van der Waals surface area contributed by atoms with Gasteiger partial charge in [0, 0.05) is 12.1 Å². The number of nitrogens with two attached hydrogens (primary N) is 1. The molecule has 0 radical (unpaired) electrons. The number of hydrogen-bond acceptors (Lipinski definition) is 4. The van der Waals surface area contributed by atoms with Crippen molar-refractivity contribution in [1.82, 2.24) is 4.98 Å².